The highest BCUT2D eigenvalue weighted by Gasteiger charge is 2.27. The zero-order valence-electron chi connectivity index (χ0n) is 30.2. The summed E-state index contributed by atoms with van der Waals surface area (Å²) in [6.45, 7) is -10.2. The fourth-order valence-electron chi connectivity index (χ4n) is 3.29. The van der Waals surface area contributed by atoms with Crippen LogP contribution >= 0.6 is 0 Å². The Kier molecular flexibility index (Phi) is 4.07. The Morgan fingerprint density at radius 3 is 2.61 bits per heavy atom. The SMILES string of the molecule is [2H]c1c([2H])c(OC([2H])([2H])C([2H])(C([2H])([2H])[2H])C([2H])([2H])[2H])c([2H])c([2H])c1CNC(=O)N(Cc1ccc(F)cc1)C1CCN(C)CC1. The number of hydrogen-bond acceptors (Lipinski definition) is 3. The summed E-state index contributed by atoms with van der Waals surface area (Å²) in [5, 5.41) is 2.61. The first-order chi connectivity index (χ1) is 20.1. The average Bonchev–Trinajstić information content (AvgIpc) is 2.92. The van der Waals surface area contributed by atoms with E-state index in [1.165, 1.54) is 12.1 Å². The van der Waals surface area contributed by atoms with Crippen molar-refractivity contribution in [3.63, 3.8) is 0 Å². The Balaban J connectivity index is 1.90. The fourth-order valence-corrected chi connectivity index (χ4v) is 3.29. The highest BCUT2D eigenvalue weighted by atomic mass is 19.1. The molecule has 1 saturated heterocycles. The quantitative estimate of drug-likeness (QED) is 0.649. The van der Waals surface area contributed by atoms with Gasteiger partial charge in [-0.05, 0) is 74.2 Å². The normalized spacial score (nSPS) is 22.8. The lowest BCUT2D eigenvalue weighted by atomic mass is 10.0. The monoisotopic (exact) mass is 440 g/mol. The van der Waals surface area contributed by atoms with E-state index in [1.54, 1.807) is 17.0 Å². The van der Waals surface area contributed by atoms with Crippen LogP contribution in [0.1, 0.15) is 55.5 Å². The number of carbonyl (C=O) groups is 1. The van der Waals surface area contributed by atoms with Gasteiger partial charge in [-0.2, -0.15) is 0 Å². The highest BCUT2D eigenvalue weighted by Crippen LogP contribution is 2.19. The molecule has 2 aromatic carbocycles. The molecule has 0 unspecified atom stereocenters. The molecule has 1 aliphatic heterocycles. The summed E-state index contributed by atoms with van der Waals surface area (Å²) in [6.07, 6.45) is 1.31. The third-order valence-electron chi connectivity index (χ3n) is 4.98. The number of nitrogens with one attached hydrogen (secondary N) is 1. The summed E-state index contributed by atoms with van der Waals surface area (Å²) < 4.78 is 121. The van der Waals surface area contributed by atoms with Gasteiger partial charge in [-0.15, -0.1) is 0 Å². The maximum Gasteiger partial charge on any atom is 0.318 e. The molecule has 1 N–H and O–H groups in total. The molecular weight excluding hydrogens is 393 g/mol. The van der Waals surface area contributed by atoms with Gasteiger partial charge in [-0.1, -0.05) is 37.9 Å². The minimum Gasteiger partial charge on any atom is -0.493 e. The van der Waals surface area contributed by atoms with Gasteiger partial charge in [0.2, 0.25) is 0 Å². The van der Waals surface area contributed by atoms with Crippen LogP contribution in [0.2, 0.25) is 0 Å². The molecule has 168 valence electrons. The molecule has 0 aromatic heterocycles. The first-order valence-corrected chi connectivity index (χ1v) is 9.88. The molecule has 0 radical (unpaired) electrons. The Morgan fingerprint density at radius 2 is 1.97 bits per heavy atom. The van der Waals surface area contributed by atoms with Crippen molar-refractivity contribution >= 4 is 6.03 Å². The van der Waals surface area contributed by atoms with Crippen LogP contribution in [-0.4, -0.2) is 48.6 Å². The van der Waals surface area contributed by atoms with E-state index in [9.17, 15) is 9.18 Å². The zero-order valence-corrected chi connectivity index (χ0v) is 17.2. The van der Waals surface area contributed by atoms with Gasteiger partial charge in [0, 0.05) is 28.7 Å². The van der Waals surface area contributed by atoms with Gasteiger partial charge in [0.15, 0.2) is 0 Å². The van der Waals surface area contributed by atoms with Crippen molar-refractivity contribution in [2.75, 3.05) is 26.7 Å². The van der Waals surface area contributed by atoms with E-state index in [0.29, 0.717) is 18.4 Å². The number of ether oxygens (including phenoxy) is 1. The lowest BCUT2D eigenvalue weighted by Crippen LogP contribution is -2.49. The minimum atomic E-state index is -3.86. The van der Waals surface area contributed by atoms with Crippen molar-refractivity contribution in [3.8, 4) is 5.75 Å². The number of rotatable bonds is 8. The van der Waals surface area contributed by atoms with Gasteiger partial charge in [0.1, 0.15) is 11.6 Å². The summed E-state index contributed by atoms with van der Waals surface area (Å²) in [5.74, 6) is -5.38. The molecule has 0 atom stereocenters. The molecule has 1 aliphatic rings. The smallest absolute Gasteiger partial charge is 0.318 e. The van der Waals surface area contributed by atoms with E-state index in [4.69, 9.17) is 22.6 Å². The summed E-state index contributed by atoms with van der Waals surface area (Å²) in [7, 11) is 1.96. The summed E-state index contributed by atoms with van der Waals surface area (Å²) in [4.78, 5) is 17.1. The molecule has 3 rings (SSSR count). The predicted octanol–water partition coefficient (Wildman–Crippen LogP) is 4.67. The predicted molar refractivity (Wildman–Crippen MR) is 121 cm³/mol. The molecule has 31 heavy (non-hydrogen) atoms. The Morgan fingerprint density at radius 1 is 1.29 bits per heavy atom. The average molecular weight is 441 g/mol. The molecule has 2 aromatic rings. The van der Waals surface area contributed by atoms with Crippen LogP contribution in [0.15, 0.2) is 48.4 Å². The number of benzene rings is 2. The van der Waals surface area contributed by atoms with Gasteiger partial charge in [-0.25, -0.2) is 9.18 Å². The molecule has 1 heterocycles. The van der Waals surface area contributed by atoms with Crippen molar-refractivity contribution in [2.24, 2.45) is 5.89 Å². The van der Waals surface area contributed by atoms with Crippen LogP contribution in [0.25, 0.3) is 0 Å². The van der Waals surface area contributed by atoms with Crippen molar-refractivity contribution in [2.45, 2.75) is 45.7 Å². The second kappa shape index (κ2) is 11.1. The minimum absolute atomic E-state index is 0.138. The van der Waals surface area contributed by atoms with E-state index in [2.05, 4.69) is 10.2 Å². The molecule has 1 fully saturated rings. The highest BCUT2D eigenvalue weighted by molar-refractivity contribution is 5.74. The molecule has 6 heteroatoms. The van der Waals surface area contributed by atoms with Gasteiger partial charge < -0.3 is 19.9 Å². The zero-order chi connectivity index (χ0) is 33.4. The van der Waals surface area contributed by atoms with Gasteiger partial charge in [0.05, 0.1) is 14.8 Å². The summed E-state index contributed by atoms with van der Waals surface area (Å²) in [5.41, 5.74) is 0.371. The maximum atomic E-state index is 13.5. The summed E-state index contributed by atoms with van der Waals surface area (Å²) in [6, 6.07) is 1.47. The second-order valence-corrected chi connectivity index (χ2v) is 7.33. The van der Waals surface area contributed by atoms with Crippen LogP contribution in [-0.2, 0) is 13.1 Å². The fraction of sp³-hybridized carbons (Fsp3) is 0.480. The number of likely N-dealkylation sites (tertiary alicyclic amines) is 1. The van der Waals surface area contributed by atoms with Crippen molar-refractivity contribution < 1.29 is 31.7 Å². The molecule has 0 bridgehead atoms. The number of urea groups is 1. The van der Waals surface area contributed by atoms with Gasteiger partial charge >= 0.3 is 6.03 Å². The number of amides is 2. The van der Waals surface area contributed by atoms with E-state index >= 15 is 0 Å². The number of piperidine rings is 1. The lowest BCUT2D eigenvalue weighted by molar-refractivity contribution is 0.127. The van der Waals surface area contributed by atoms with Gasteiger partial charge in [-0.3, -0.25) is 0 Å². The third-order valence-corrected chi connectivity index (χ3v) is 4.98. The number of halogens is 1. The summed E-state index contributed by atoms with van der Waals surface area (Å²) >= 11 is 0. The Bertz CT molecular complexity index is 1300. The number of hydrogen-bond donors (Lipinski definition) is 1. The second-order valence-electron chi connectivity index (χ2n) is 7.33. The Hall–Kier alpha value is -2.60. The van der Waals surface area contributed by atoms with Crippen LogP contribution in [0, 0.1) is 11.7 Å². The van der Waals surface area contributed by atoms with E-state index < -0.39 is 74.5 Å². The first-order valence-electron chi connectivity index (χ1n) is 16.4. The Labute approximate surface area is 203 Å². The van der Waals surface area contributed by atoms with E-state index in [0.717, 1.165) is 13.1 Å². The van der Waals surface area contributed by atoms with Crippen molar-refractivity contribution in [1.29, 1.82) is 0 Å². The largest absolute Gasteiger partial charge is 0.493 e. The maximum absolute atomic E-state index is 13.5. The van der Waals surface area contributed by atoms with Crippen molar-refractivity contribution in [1.82, 2.24) is 15.1 Å². The molecular formula is C25H34FN3O2. The topological polar surface area (TPSA) is 44.8 Å². The van der Waals surface area contributed by atoms with Crippen molar-refractivity contribution in [3.05, 3.63) is 65.4 Å². The molecule has 0 aliphatic carbocycles. The van der Waals surface area contributed by atoms with Crippen LogP contribution in [0.5, 0.6) is 5.75 Å². The standard InChI is InChI=1S/C25H34FN3O2/c1-19(2)18-31-24-10-6-20(7-11-24)16-27-25(30)29(23-12-14-28(3)15-13-23)17-21-4-8-22(26)9-5-21/h4-11,19,23H,12-18H2,1-3H3,(H,27,30)/i1D3,2D3,6D,7D,10D,11D,18D2,19D. The van der Waals surface area contributed by atoms with Gasteiger partial charge in [0.25, 0.3) is 0 Å². The number of nitrogens with zero attached hydrogens (tertiary/aromatic N) is 2. The molecule has 5 nitrogen and oxygen atoms in total. The number of carbonyl (C=O) groups excluding carboxylic acids is 1. The first kappa shape index (κ1) is 11.3. The van der Waals surface area contributed by atoms with Crippen LogP contribution < -0.4 is 10.1 Å². The van der Waals surface area contributed by atoms with Crippen LogP contribution in [0.3, 0.4) is 0 Å². The van der Waals surface area contributed by atoms with E-state index in [-0.39, 0.29) is 18.2 Å². The third kappa shape index (κ3) is 7.24. The van der Waals surface area contributed by atoms with E-state index in [1.807, 2.05) is 7.05 Å². The lowest BCUT2D eigenvalue weighted by Gasteiger charge is -2.37. The molecule has 2 amide bonds. The van der Waals surface area contributed by atoms with Crippen LogP contribution in [0.4, 0.5) is 9.18 Å². The molecule has 0 saturated carbocycles. The molecule has 0 spiro atoms.